The largest absolute Gasteiger partial charge is 0.368 e. The van der Waals surface area contributed by atoms with E-state index in [-0.39, 0.29) is 25.3 Å². The van der Waals surface area contributed by atoms with Crippen LogP contribution in [0.25, 0.3) is 16.9 Å². The van der Waals surface area contributed by atoms with E-state index < -0.39 is 29.9 Å². The number of benzene rings is 2. The van der Waals surface area contributed by atoms with Crippen LogP contribution < -0.4 is 17.2 Å². The Morgan fingerprint density at radius 3 is 2.42 bits per heavy atom. The molecule has 1 unspecified atom stereocenters. The summed E-state index contributed by atoms with van der Waals surface area (Å²) in [5.41, 5.74) is 20.5. The number of aryl methyl sites for hydroxylation is 1. The Morgan fingerprint density at radius 2 is 1.77 bits per heavy atom. The molecule has 0 aliphatic carbocycles. The fraction of sp³-hybridized carbons (Fsp3) is 0.357. The third-order valence-electron chi connectivity index (χ3n) is 6.84. The second kappa shape index (κ2) is 13.6. The van der Waals surface area contributed by atoms with Gasteiger partial charge >= 0.3 is 0 Å². The van der Waals surface area contributed by atoms with E-state index in [0.29, 0.717) is 29.5 Å². The molecule has 7 N–H and O–H groups in total. The van der Waals surface area contributed by atoms with E-state index in [1.165, 1.54) is 16.7 Å². The van der Waals surface area contributed by atoms with E-state index in [4.69, 9.17) is 22.3 Å². The number of amides is 3. The Kier molecular flexibility index (Phi) is 9.93. The van der Waals surface area contributed by atoms with Crippen molar-refractivity contribution in [2.45, 2.75) is 37.4 Å². The van der Waals surface area contributed by atoms with Gasteiger partial charge in [0.2, 0.25) is 11.8 Å². The molecule has 4 rings (SSSR count). The van der Waals surface area contributed by atoms with Gasteiger partial charge in [-0.25, -0.2) is 9.75 Å². The zero-order valence-corrected chi connectivity index (χ0v) is 23.0. The average Bonchev–Trinajstić information content (AvgIpc) is 3.62. The molecule has 3 atom stereocenters. The van der Waals surface area contributed by atoms with Crippen LogP contribution in [0.5, 0.6) is 0 Å². The quantitative estimate of drug-likeness (QED) is 0.144. The number of hydrogen-bond donors (Lipinski definition) is 4. The monoisotopic (exact) mass is 565 g/mol. The summed E-state index contributed by atoms with van der Waals surface area (Å²) in [4.78, 5) is 39.6. The van der Waals surface area contributed by atoms with E-state index in [0.717, 1.165) is 22.5 Å². The van der Waals surface area contributed by atoms with Gasteiger partial charge in [-0.05, 0) is 24.1 Å². The standard InChI is InChI=1S/C28H35N7O4S/c29-13-14-40-18-23(30)28(38)35(39)22-15-24(27(31)37)33(17-22)25(36)12-11-20-16-34(21-9-5-2-6-10-21)32-26(20)19-7-3-1-4-8-19/h1-10,16,22-24,39H,11-15,17-18,29-30H2,(H2,31,37)/t22?,23-,24-/m0/s1. The van der Waals surface area contributed by atoms with Crippen LogP contribution in [0.4, 0.5) is 0 Å². The second-order valence-electron chi connectivity index (χ2n) is 9.66. The number of hydrogen-bond acceptors (Lipinski definition) is 8. The summed E-state index contributed by atoms with van der Waals surface area (Å²) >= 11 is 1.41. The molecule has 1 aliphatic rings. The lowest BCUT2D eigenvalue weighted by atomic mass is 10.0. The highest BCUT2D eigenvalue weighted by molar-refractivity contribution is 7.99. The molecular weight excluding hydrogens is 530 g/mol. The maximum absolute atomic E-state index is 13.4. The first kappa shape index (κ1) is 29.3. The highest BCUT2D eigenvalue weighted by Crippen LogP contribution is 2.27. The lowest BCUT2D eigenvalue weighted by Gasteiger charge is -2.25. The zero-order chi connectivity index (χ0) is 28.6. The molecule has 212 valence electrons. The third kappa shape index (κ3) is 6.89. The molecule has 0 spiro atoms. The van der Waals surface area contributed by atoms with Crippen molar-refractivity contribution in [3.05, 3.63) is 72.4 Å². The minimum Gasteiger partial charge on any atom is -0.368 e. The number of hydroxylamine groups is 2. The van der Waals surface area contributed by atoms with Crippen LogP contribution in [0.15, 0.2) is 66.9 Å². The molecule has 2 heterocycles. The summed E-state index contributed by atoms with van der Waals surface area (Å²) in [6, 6.07) is 16.7. The summed E-state index contributed by atoms with van der Waals surface area (Å²) in [7, 11) is 0. The topological polar surface area (TPSA) is 174 Å². The van der Waals surface area contributed by atoms with Gasteiger partial charge in [-0.2, -0.15) is 16.9 Å². The smallest absolute Gasteiger partial charge is 0.263 e. The van der Waals surface area contributed by atoms with Gasteiger partial charge in [0.05, 0.1) is 23.5 Å². The Balaban J connectivity index is 1.47. The predicted molar refractivity (Wildman–Crippen MR) is 153 cm³/mol. The number of rotatable bonds is 12. The number of likely N-dealkylation sites (tertiary alicyclic amines) is 1. The minimum absolute atomic E-state index is 0.0217. The van der Waals surface area contributed by atoms with Crippen LogP contribution in [0.1, 0.15) is 18.4 Å². The van der Waals surface area contributed by atoms with Crippen LogP contribution in [0.2, 0.25) is 0 Å². The number of aromatic nitrogens is 2. The summed E-state index contributed by atoms with van der Waals surface area (Å²) in [5.74, 6) is -0.740. The molecular formula is C28H35N7O4S. The van der Waals surface area contributed by atoms with Crippen molar-refractivity contribution in [1.82, 2.24) is 19.7 Å². The van der Waals surface area contributed by atoms with Crippen LogP contribution in [-0.4, -0.2) is 85.4 Å². The number of para-hydroxylation sites is 1. The molecule has 3 amide bonds. The van der Waals surface area contributed by atoms with Gasteiger partial charge in [0, 0.05) is 49.2 Å². The highest BCUT2D eigenvalue weighted by Gasteiger charge is 2.42. The first-order chi connectivity index (χ1) is 19.3. The van der Waals surface area contributed by atoms with E-state index >= 15 is 0 Å². The van der Waals surface area contributed by atoms with Crippen molar-refractivity contribution in [3.63, 3.8) is 0 Å². The SMILES string of the molecule is NCCSC[C@H](N)C(=O)N(O)C1C[C@@H](C(N)=O)N(C(=O)CCc2cn(-c3ccccc3)nc2-c2ccccc2)C1. The minimum atomic E-state index is -0.941. The molecule has 12 heteroatoms. The number of nitrogens with two attached hydrogens (primary N) is 3. The van der Waals surface area contributed by atoms with Gasteiger partial charge < -0.3 is 22.1 Å². The molecule has 0 saturated carbocycles. The van der Waals surface area contributed by atoms with Crippen LogP contribution >= 0.6 is 11.8 Å². The van der Waals surface area contributed by atoms with Crippen LogP contribution in [0, 0.1) is 0 Å². The van der Waals surface area contributed by atoms with Crippen molar-refractivity contribution in [2.24, 2.45) is 17.2 Å². The van der Waals surface area contributed by atoms with Gasteiger partial charge in [0.25, 0.3) is 5.91 Å². The summed E-state index contributed by atoms with van der Waals surface area (Å²) in [6.07, 6.45) is 2.40. The van der Waals surface area contributed by atoms with Crippen molar-refractivity contribution in [3.8, 4) is 16.9 Å². The Labute approximate surface area is 237 Å². The van der Waals surface area contributed by atoms with Gasteiger partial charge in [0.15, 0.2) is 0 Å². The first-order valence-corrected chi connectivity index (χ1v) is 14.3. The molecule has 1 saturated heterocycles. The second-order valence-corrected chi connectivity index (χ2v) is 10.8. The third-order valence-corrected chi connectivity index (χ3v) is 7.96. The fourth-order valence-corrected chi connectivity index (χ4v) is 5.51. The van der Waals surface area contributed by atoms with E-state index in [1.54, 1.807) is 4.68 Å². The lowest BCUT2D eigenvalue weighted by Crippen LogP contribution is -2.49. The Morgan fingerprint density at radius 1 is 1.10 bits per heavy atom. The molecule has 0 radical (unpaired) electrons. The number of nitrogens with zero attached hydrogens (tertiary/aromatic N) is 4. The van der Waals surface area contributed by atoms with Crippen molar-refractivity contribution < 1.29 is 19.6 Å². The number of carbonyl (C=O) groups is 3. The first-order valence-electron chi connectivity index (χ1n) is 13.1. The summed E-state index contributed by atoms with van der Waals surface area (Å²) < 4.78 is 1.78. The van der Waals surface area contributed by atoms with Crippen molar-refractivity contribution in [2.75, 3.05) is 24.6 Å². The van der Waals surface area contributed by atoms with Gasteiger partial charge in [-0.3, -0.25) is 19.6 Å². The van der Waals surface area contributed by atoms with E-state index in [9.17, 15) is 19.6 Å². The van der Waals surface area contributed by atoms with Crippen LogP contribution in [0.3, 0.4) is 0 Å². The molecule has 2 aromatic carbocycles. The van der Waals surface area contributed by atoms with Crippen molar-refractivity contribution in [1.29, 1.82) is 0 Å². The molecule has 1 aliphatic heterocycles. The fourth-order valence-electron chi connectivity index (χ4n) is 4.78. The lowest BCUT2D eigenvalue weighted by molar-refractivity contribution is -0.176. The number of primary amides is 1. The van der Waals surface area contributed by atoms with Gasteiger partial charge in [0.1, 0.15) is 6.04 Å². The van der Waals surface area contributed by atoms with Crippen molar-refractivity contribution >= 4 is 29.5 Å². The Hall–Kier alpha value is -3.71. The van der Waals surface area contributed by atoms with Crippen LogP contribution in [-0.2, 0) is 20.8 Å². The Bertz CT molecular complexity index is 1300. The molecule has 1 fully saturated rings. The summed E-state index contributed by atoms with van der Waals surface area (Å²) in [6.45, 7) is 0.431. The molecule has 40 heavy (non-hydrogen) atoms. The van der Waals surface area contributed by atoms with E-state index in [2.05, 4.69) is 0 Å². The molecule has 11 nitrogen and oxygen atoms in total. The normalized spacial score (nSPS) is 17.5. The van der Waals surface area contributed by atoms with E-state index in [1.807, 2.05) is 66.9 Å². The maximum Gasteiger partial charge on any atom is 0.263 e. The number of thioether (sulfide) groups is 1. The van der Waals surface area contributed by atoms with Gasteiger partial charge in [-0.15, -0.1) is 0 Å². The maximum atomic E-state index is 13.4. The molecule has 1 aromatic heterocycles. The zero-order valence-electron chi connectivity index (χ0n) is 22.1. The molecule has 3 aromatic rings. The average molecular weight is 566 g/mol. The number of carbonyl (C=O) groups excluding carboxylic acids is 3. The highest BCUT2D eigenvalue weighted by atomic mass is 32.2. The summed E-state index contributed by atoms with van der Waals surface area (Å²) in [5, 5.41) is 15.9. The van der Waals surface area contributed by atoms with Gasteiger partial charge in [-0.1, -0.05) is 48.5 Å². The molecule has 0 bridgehead atoms. The predicted octanol–water partition coefficient (Wildman–Crippen LogP) is 1.16.